The number of carbonyl (C=O) groups excluding carboxylic acids is 2. The monoisotopic (exact) mass is 452 g/mol. The van der Waals surface area contributed by atoms with Crippen LogP contribution >= 0.6 is 0 Å². The van der Waals surface area contributed by atoms with E-state index in [1.54, 1.807) is 17.0 Å². The molecule has 0 radical (unpaired) electrons. The fourth-order valence-electron chi connectivity index (χ4n) is 4.11. The molecule has 3 rings (SSSR count). The Morgan fingerprint density at radius 1 is 1.15 bits per heavy atom. The zero-order valence-electron chi connectivity index (χ0n) is 19.9. The maximum Gasteiger partial charge on any atom is 0.295 e. The topological polar surface area (TPSA) is 79.3 Å². The first-order valence-electron chi connectivity index (χ1n) is 11.1. The van der Waals surface area contributed by atoms with Gasteiger partial charge in [-0.25, -0.2) is 0 Å². The average Bonchev–Trinajstić information content (AvgIpc) is 3.04. The Morgan fingerprint density at radius 2 is 1.91 bits per heavy atom. The van der Waals surface area contributed by atoms with E-state index in [0.717, 1.165) is 12.1 Å². The van der Waals surface area contributed by atoms with Crippen molar-refractivity contribution in [2.75, 3.05) is 40.9 Å². The van der Waals surface area contributed by atoms with Crippen molar-refractivity contribution < 1.29 is 24.2 Å². The predicted octanol–water partition coefficient (Wildman–Crippen LogP) is 3.78. The fourth-order valence-corrected chi connectivity index (χ4v) is 4.11. The minimum Gasteiger partial charge on any atom is -0.507 e. The number of carbonyl (C=O) groups is 2. The zero-order chi connectivity index (χ0) is 24.1. The SMILES string of the molecule is CCOc1cccc(C2/C(=C(\O)c3cc(C)ccc3OC)C(=O)C(=O)N2CCCN(C)C)c1. The molecule has 0 bridgehead atoms. The van der Waals surface area contributed by atoms with Crippen molar-refractivity contribution in [2.45, 2.75) is 26.3 Å². The van der Waals surface area contributed by atoms with Crippen molar-refractivity contribution in [3.8, 4) is 11.5 Å². The Hall–Kier alpha value is -3.32. The van der Waals surface area contributed by atoms with Crippen LogP contribution in [0, 0.1) is 6.92 Å². The number of nitrogens with zero attached hydrogens (tertiary/aromatic N) is 2. The van der Waals surface area contributed by atoms with Gasteiger partial charge in [0.2, 0.25) is 0 Å². The predicted molar refractivity (Wildman–Crippen MR) is 128 cm³/mol. The first-order chi connectivity index (χ1) is 15.8. The second kappa shape index (κ2) is 10.5. The Kier molecular flexibility index (Phi) is 7.76. The van der Waals surface area contributed by atoms with Gasteiger partial charge >= 0.3 is 0 Å². The number of hydrogen-bond acceptors (Lipinski definition) is 6. The minimum atomic E-state index is -0.724. The highest BCUT2D eigenvalue weighted by molar-refractivity contribution is 6.46. The first-order valence-corrected chi connectivity index (χ1v) is 11.1. The lowest BCUT2D eigenvalue weighted by atomic mass is 9.94. The van der Waals surface area contributed by atoms with Crippen molar-refractivity contribution >= 4 is 17.4 Å². The lowest BCUT2D eigenvalue weighted by Crippen LogP contribution is -2.32. The number of aliphatic hydroxyl groups is 1. The molecule has 1 amide bonds. The van der Waals surface area contributed by atoms with Gasteiger partial charge in [0.1, 0.15) is 17.3 Å². The molecule has 1 aliphatic rings. The second-order valence-electron chi connectivity index (χ2n) is 8.36. The van der Waals surface area contributed by atoms with Gasteiger partial charge in [0.25, 0.3) is 11.7 Å². The molecule has 1 heterocycles. The van der Waals surface area contributed by atoms with Crippen LogP contribution < -0.4 is 9.47 Å². The molecule has 0 spiro atoms. The zero-order valence-corrected chi connectivity index (χ0v) is 19.9. The van der Waals surface area contributed by atoms with E-state index in [-0.39, 0.29) is 11.3 Å². The Bertz CT molecular complexity index is 1060. The first kappa shape index (κ1) is 24.3. The maximum atomic E-state index is 13.2. The molecule has 0 aromatic heterocycles. The molecule has 33 heavy (non-hydrogen) atoms. The standard InChI is InChI=1S/C26H32N2O5/c1-6-33-19-10-7-9-18(16-19)23-22(24(29)20-15-17(2)11-12-21(20)32-5)25(30)26(31)28(23)14-8-13-27(3)4/h7,9-12,15-16,23,29H,6,8,13-14H2,1-5H3/b24-22+. The molecule has 1 N–H and O–H groups in total. The molecule has 7 nitrogen and oxygen atoms in total. The van der Waals surface area contributed by atoms with E-state index in [4.69, 9.17) is 9.47 Å². The summed E-state index contributed by atoms with van der Waals surface area (Å²) in [7, 11) is 5.42. The number of benzene rings is 2. The van der Waals surface area contributed by atoms with Gasteiger partial charge in [-0.2, -0.15) is 0 Å². The number of Topliss-reactive ketones (excluding diaryl/α,β-unsaturated/α-hetero) is 1. The summed E-state index contributed by atoms with van der Waals surface area (Å²) >= 11 is 0. The number of aliphatic hydroxyl groups excluding tert-OH is 1. The van der Waals surface area contributed by atoms with Crippen LogP contribution in [0.1, 0.15) is 36.1 Å². The van der Waals surface area contributed by atoms with Crippen LogP contribution in [-0.4, -0.2) is 67.5 Å². The molecule has 1 aliphatic heterocycles. The van der Waals surface area contributed by atoms with Gasteiger partial charge in [-0.3, -0.25) is 9.59 Å². The lowest BCUT2D eigenvalue weighted by molar-refractivity contribution is -0.139. The summed E-state index contributed by atoms with van der Waals surface area (Å²) in [5, 5.41) is 11.3. The van der Waals surface area contributed by atoms with E-state index in [1.807, 2.05) is 63.2 Å². The Balaban J connectivity index is 2.17. The molecule has 0 saturated carbocycles. The lowest BCUT2D eigenvalue weighted by Gasteiger charge is -2.26. The second-order valence-corrected chi connectivity index (χ2v) is 8.36. The highest BCUT2D eigenvalue weighted by Gasteiger charge is 2.46. The van der Waals surface area contributed by atoms with Gasteiger partial charge in [-0.1, -0.05) is 23.8 Å². The Labute approximate surface area is 195 Å². The highest BCUT2D eigenvalue weighted by Crippen LogP contribution is 2.41. The molecule has 1 atom stereocenters. The largest absolute Gasteiger partial charge is 0.507 e. The van der Waals surface area contributed by atoms with Gasteiger partial charge in [0.15, 0.2) is 0 Å². The van der Waals surface area contributed by atoms with Crippen LogP contribution in [0.15, 0.2) is 48.0 Å². The van der Waals surface area contributed by atoms with E-state index in [1.165, 1.54) is 7.11 Å². The number of aryl methyl sites for hydroxylation is 1. The number of hydrogen-bond donors (Lipinski definition) is 1. The van der Waals surface area contributed by atoms with Crippen molar-refractivity contribution in [2.24, 2.45) is 0 Å². The summed E-state index contributed by atoms with van der Waals surface area (Å²) < 4.78 is 11.1. The number of methoxy groups -OCH3 is 1. The van der Waals surface area contributed by atoms with Gasteiger partial charge in [0.05, 0.1) is 30.9 Å². The summed E-state index contributed by atoms with van der Waals surface area (Å²) in [5.41, 5.74) is 2.04. The smallest absolute Gasteiger partial charge is 0.295 e. The maximum absolute atomic E-state index is 13.2. The molecule has 2 aromatic rings. The van der Waals surface area contributed by atoms with Crippen molar-refractivity contribution in [3.05, 3.63) is 64.7 Å². The van der Waals surface area contributed by atoms with Gasteiger partial charge in [-0.05, 0) is 70.7 Å². The number of ether oxygens (including phenoxy) is 2. The van der Waals surface area contributed by atoms with Crippen molar-refractivity contribution in [3.63, 3.8) is 0 Å². The summed E-state index contributed by atoms with van der Waals surface area (Å²) in [6.07, 6.45) is 0.690. The van der Waals surface area contributed by atoms with E-state index < -0.39 is 17.7 Å². The molecular weight excluding hydrogens is 420 g/mol. The van der Waals surface area contributed by atoms with Gasteiger partial charge in [0, 0.05) is 6.54 Å². The molecule has 176 valence electrons. The van der Waals surface area contributed by atoms with Crippen LogP contribution in [0.4, 0.5) is 0 Å². The van der Waals surface area contributed by atoms with E-state index in [0.29, 0.717) is 42.2 Å². The van der Waals surface area contributed by atoms with Crippen LogP contribution in [0.3, 0.4) is 0 Å². The third kappa shape index (κ3) is 5.20. The average molecular weight is 453 g/mol. The quantitative estimate of drug-likeness (QED) is 0.354. The van der Waals surface area contributed by atoms with Crippen molar-refractivity contribution in [1.82, 2.24) is 9.80 Å². The van der Waals surface area contributed by atoms with Crippen LogP contribution in [0.5, 0.6) is 11.5 Å². The highest BCUT2D eigenvalue weighted by atomic mass is 16.5. The van der Waals surface area contributed by atoms with E-state index >= 15 is 0 Å². The summed E-state index contributed by atoms with van der Waals surface area (Å²) in [4.78, 5) is 29.9. The summed E-state index contributed by atoms with van der Waals surface area (Å²) in [6, 6.07) is 11.9. The van der Waals surface area contributed by atoms with Crippen LogP contribution in [0.2, 0.25) is 0 Å². The van der Waals surface area contributed by atoms with Gasteiger partial charge < -0.3 is 24.4 Å². The molecule has 1 unspecified atom stereocenters. The van der Waals surface area contributed by atoms with Crippen molar-refractivity contribution in [1.29, 1.82) is 0 Å². The number of likely N-dealkylation sites (tertiary alicyclic amines) is 1. The number of amides is 1. The molecule has 1 saturated heterocycles. The molecule has 0 aliphatic carbocycles. The Morgan fingerprint density at radius 3 is 2.58 bits per heavy atom. The molecular formula is C26H32N2O5. The number of ketones is 1. The van der Waals surface area contributed by atoms with E-state index in [2.05, 4.69) is 0 Å². The van der Waals surface area contributed by atoms with Gasteiger partial charge in [-0.15, -0.1) is 0 Å². The van der Waals surface area contributed by atoms with E-state index in [9.17, 15) is 14.7 Å². The molecule has 2 aromatic carbocycles. The normalized spacial score (nSPS) is 17.6. The summed E-state index contributed by atoms with van der Waals surface area (Å²) in [6.45, 7) is 5.42. The molecule has 7 heteroatoms. The van der Waals surface area contributed by atoms with Crippen LogP contribution in [0.25, 0.3) is 5.76 Å². The fraction of sp³-hybridized carbons (Fsp3) is 0.385. The molecule has 1 fully saturated rings. The third-order valence-corrected chi connectivity index (χ3v) is 5.64. The van der Waals surface area contributed by atoms with Crippen LogP contribution in [-0.2, 0) is 9.59 Å². The minimum absolute atomic E-state index is 0.0578. The number of rotatable bonds is 9. The third-order valence-electron chi connectivity index (χ3n) is 5.64. The summed E-state index contributed by atoms with van der Waals surface area (Å²) in [5.74, 6) is -0.488.